The van der Waals surface area contributed by atoms with E-state index in [1.54, 1.807) is 6.07 Å². The van der Waals surface area contributed by atoms with E-state index in [-0.39, 0.29) is 0 Å². The first kappa shape index (κ1) is 14.8. The minimum Gasteiger partial charge on any atom is -0.480 e. The molecule has 0 heterocycles. The monoisotopic (exact) mass is 291 g/mol. The third kappa shape index (κ3) is 3.95. The first-order valence-corrected chi connectivity index (χ1v) is 6.63. The van der Waals surface area contributed by atoms with Crippen LogP contribution in [-0.2, 0) is 22.4 Å². The Kier molecular flexibility index (Phi) is 4.42. The highest BCUT2D eigenvalue weighted by molar-refractivity contribution is 5.94. The third-order valence-corrected chi connectivity index (χ3v) is 3.31. The molecule has 0 bridgehead atoms. The van der Waals surface area contributed by atoms with Gasteiger partial charge in [-0.15, -0.1) is 0 Å². The summed E-state index contributed by atoms with van der Waals surface area (Å²) in [5.74, 6) is -1.97. The standard InChI is InChI=1S/C14H17N3O4/c15-12(18)7-17(8-13(19)20)14(21)16-11-5-4-9-2-1-3-10(9)6-11/h4-6H,1-3,7-8H2,(H2,15,18)(H,16,21)(H,19,20). The van der Waals surface area contributed by atoms with Crippen molar-refractivity contribution in [3.05, 3.63) is 29.3 Å². The zero-order valence-corrected chi connectivity index (χ0v) is 11.5. The molecule has 1 aromatic rings. The molecule has 0 saturated carbocycles. The van der Waals surface area contributed by atoms with E-state index in [1.165, 1.54) is 11.1 Å². The quantitative estimate of drug-likeness (QED) is 0.736. The summed E-state index contributed by atoms with van der Waals surface area (Å²) in [6.07, 6.45) is 3.11. The van der Waals surface area contributed by atoms with Crippen LogP contribution in [-0.4, -0.2) is 41.0 Å². The summed E-state index contributed by atoms with van der Waals surface area (Å²) in [6, 6.07) is 4.94. The lowest BCUT2D eigenvalue weighted by Crippen LogP contribution is -2.43. The van der Waals surface area contributed by atoms with Crippen LogP contribution in [0.25, 0.3) is 0 Å². The highest BCUT2D eigenvalue weighted by Crippen LogP contribution is 2.24. The van der Waals surface area contributed by atoms with Crippen LogP contribution in [0.2, 0.25) is 0 Å². The molecule has 4 N–H and O–H groups in total. The van der Waals surface area contributed by atoms with E-state index in [4.69, 9.17) is 10.8 Å². The lowest BCUT2D eigenvalue weighted by atomic mass is 10.1. The molecular weight excluding hydrogens is 274 g/mol. The number of hydrogen-bond donors (Lipinski definition) is 3. The maximum absolute atomic E-state index is 12.0. The van der Waals surface area contributed by atoms with Gasteiger partial charge in [-0.1, -0.05) is 6.07 Å². The predicted octanol–water partition coefficient (Wildman–Crippen LogP) is 0.579. The number of amides is 3. The van der Waals surface area contributed by atoms with Crippen molar-refractivity contribution in [3.63, 3.8) is 0 Å². The van der Waals surface area contributed by atoms with E-state index in [0.717, 1.165) is 24.2 Å². The molecule has 0 aromatic heterocycles. The molecule has 3 amide bonds. The van der Waals surface area contributed by atoms with Gasteiger partial charge in [-0.25, -0.2) is 4.79 Å². The molecule has 2 rings (SSSR count). The number of carboxylic acids is 1. The Bertz CT molecular complexity index is 570. The van der Waals surface area contributed by atoms with Gasteiger partial charge < -0.3 is 21.1 Å². The van der Waals surface area contributed by atoms with Crippen LogP contribution in [0.15, 0.2) is 18.2 Å². The van der Waals surface area contributed by atoms with Gasteiger partial charge in [0.05, 0.1) is 0 Å². The smallest absolute Gasteiger partial charge is 0.323 e. The molecule has 21 heavy (non-hydrogen) atoms. The molecular formula is C14H17N3O4. The minimum absolute atomic E-state index is 0.441. The van der Waals surface area contributed by atoms with Gasteiger partial charge >= 0.3 is 12.0 Å². The van der Waals surface area contributed by atoms with Crippen molar-refractivity contribution in [2.24, 2.45) is 5.73 Å². The molecule has 1 aromatic carbocycles. The van der Waals surface area contributed by atoms with Crippen molar-refractivity contribution in [2.45, 2.75) is 19.3 Å². The van der Waals surface area contributed by atoms with Crippen molar-refractivity contribution in [3.8, 4) is 0 Å². The molecule has 7 nitrogen and oxygen atoms in total. The molecule has 0 aliphatic heterocycles. The van der Waals surface area contributed by atoms with E-state index in [0.29, 0.717) is 5.69 Å². The number of aryl methyl sites for hydroxylation is 2. The summed E-state index contributed by atoms with van der Waals surface area (Å²) in [5, 5.41) is 11.4. The van der Waals surface area contributed by atoms with E-state index >= 15 is 0 Å². The Morgan fingerprint density at radius 1 is 1.19 bits per heavy atom. The Hall–Kier alpha value is -2.57. The zero-order chi connectivity index (χ0) is 15.4. The molecule has 0 fully saturated rings. The lowest BCUT2D eigenvalue weighted by molar-refractivity contribution is -0.137. The largest absolute Gasteiger partial charge is 0.480 e. The summed E-state index contributed by atoms with van der Waals surface area (Å²) < 4.78 is 0. The van der Waals surface area contributed by atoms with Crippen LogP contribution in [0.1, 0.15) is 17.5 Å². The number of rotatable bonds is 5. The normalized spacial score (nSPS) is 12.6. The van der Waals surface area contributed by atoms with E-state index in [1.807, 2.05) is 12.1 Å². The number of primary amides is 1. The van der Waals surface area contributed by atoms with Crippen LogP contribution in [0.4, 0.5) is 10.5 Å². The van der Waals surface area contributed by atoms with E-state index < -0.39 is 31.0 Å². The molecule has 7 heteroatoms. The first-order valence-electron chi connectivity index (χ1n) is 6.63. The fourth-order valence-corrected chi connectivity index (χ4v) is 2.40. The van der Waals surface area contributed by atoms with Gasteiger partial charge in [0.25, 0.3) is 0 Å². The molecule has 0 radical (unpaired) electrons. The SMILES string of the molecule is NC(=O)CN(CC(=O)O)C(=O)Nc1ccc2c(c1)CCC2. The second-order valence-electron chi connectivity index (χ2n) is 4.98. The number of anilines is 1. The summed E-state index contributed by atoms with van der Waals surface area (Å²) in [5.41, 5.74) is 8.06. The van der Waals surface area contributed by atoms with Gasteiger partial charge in [-0.2, -0.15) is 0 Å². The first-order chi connectivity index (χ1) is 9.95. The summed E-state index contributed by atoms with van der Waals surface area (Å²) >= 11 is 0. The number of nitrogens with zero attached hydrogens (tertiary/aromatic N) is 1. The minimum atomic E-state index is -1.21. The van der Waals surface area contributed by atoms with Crippen LogP contribution >= 0.6 is 0 Å². The zero-order valence-electron chi connectivity index (χ0n) is 11.5. The van der Waals surface area contributed by atoms with Crippen LogP contribution < -0.4 is 11.1 Å². The van der Waals surface area contributed by atoms with Crippen molar-refractivity contribution < 1.29 is 19.5 Å². The van der Waals surface area contributed by atoms with Crippen molar-refractivity contribution >= 4 is 23.6 Å². The topological polar surface area (TPSA) is 113 Å². The molecule has 112 valence electrons. The second kappa shape index (κ2) is 6.25. The van der Waals surface area contributed by atoms with Gasteiger partial charge in [-0.05, 0) is 42.5 Å². The maximum atomic E-state index is 12.0. The van der Waals surface area contributed by atoms with Crippen LogP contribution in [0.3, 0.4) is 0 Å². The Labute approximate surface area is 121 Å². The second-order valence-corrected chi connectivity index (χ2v) is 4.98. The van der Waals surface area contributed by atoms with Gasteiger partial charge in [0, 0.05) is 5.69 Å². The molecule has 0 saturated heterocycles. The molecule has 0 atom stereocenters. The van der Waals surface area contributed by atoms with E-state index in [9.17, 15) is 14.4 Å². The van der Waals surface area contributed by atoms with Crippen LogP contribution in [0.5, 0.6) is 0 Å². The Morgan fingerprint density at radius 2 is 1.90 bits per heavy atom. The van der Waals surface area contributed by atoms with Gasteiger partial charge in [0.1, 0.15) is 13.1 Å². The molecule has 0 unspecified atom stereocenters. The average molecular weight is 291 g/mol. The molecule has 1 aliphatic carbocycles. The number of benzene rings is 1. The number of aliphatic carboxylic acids is 1. The predicted molar refractivity (Wildman–Crippen MR) is 75.9 cm³/mol. The van der Waals surface area contributed by atoms with Gasteiger partial charge in [-0.3, -0.25) is 9.59 Å². The van der Waals surface area contributed by atoms with Crippen molar-refractivity contribution in [1.82, 2.24) is 4.90 Å². The summed E-state index contributed by atoms with van der Waals surface area (Å²) in [7, 11) is 0. The van der Waals surface area contributed by atoms with Gasteiger partial charge in [0.2, 0.25) is 5.91 Å². The van der Waals surface area contributed by atoms with E-state index in [2.05, 4.69) is 5.32 Å². The van der Waals surface area contributed by atoms with Crippen molar-refractivity contribution in [1.29, 1.82) is 0 Å². The summed E-state index contributed by atoms with van der Waals surface area (Å²) in [6.45, 7) is -1.03. The lowest BCUT2D eigenvalue weighted by Gasteiger charge is -2.19. The number of nitrogens with two attached hydrogens (primary N) is 1. The number of nitrogens with one attached hydrogen (secondary N) is 1. The Morgan fingerprint density at radius 3 is 2.57 bits per heavy atom. The fourth-order valence-electron chi connectivity index (χ4n) is 2.40. The Balaban J connectivity index is 2.07. The number of urea groups is 1. The van der Waals surface area contributed by atoms with Gasteiger partial charge in [0.15, 0.2) is 0 Å². The fraction of sp³-hybridized carbons (Fsp3) is 0.357. The molecule has 0 spiro atoms. The summed E-state index contributed by atoms with van der Waals surface area (Å²) in [4.78, 5) is 34.5. The molecule has 1 aliphatic rings. The van der Waals surface area contributed by atoms with Crippen LogP contribution in [0, 0.1) is 0 Å². The maximum Gasteiger partial charge on any atom is 0.323 e. The number of carbonyl (C=O) groups is 3. The van der Waals surface area contributed by atoms with Crippen molar-refractivity contribution in [2.75, 3.05) is 18.4 Å². The highest BCUT2D eigenvalue weighted by atomic mass is 16.4. The number of carbonyl (C=O) groups excluding carboxylic acids is 2. The number of hydrogen-bond acceptors (Lipinski definition) is 3. The number of carboxylic acid groups (broad SMARTS) is 1. The average Bonchev–Trinajstić information content (AvgIpc) is 2.84. The third-order valence-electron chi connectivity index (χ3n) is 3.31. The number of fused-ring (bicyclic) bond motifs is 1. The highest BCUT2D eigenvalue weighted by Gasteiger charge is 2.19.